The third-order valence-corrected chi connectivity index (χ3v) is 10.3. The van der Waals surface area contributed by atoms with Gasteiger partial charge in [0, 0.05) is 0 Å². The molecule has 0 amide bonds. The Hall–Kier alpha value is 1.56. The van der Waals surface area contributed by atoms with E-state index in [-0.39, 0.29) is 0 Å². The van der Waals surface area contributed by atoms with Crippen LogP contribution >= 0.6 is 22.2 Å². The molecule has 0 nitrogen and oxygen atoms in total. The van der Waals surface area contributed by atoms with Crippen molar-refractivity contribution < 1.29 is 0 Å². The predicted molar refractivity (Wildman–Crippen MR) is 138 cm³/mol. The van der Waals surface area contributed by atoms with E-state index in [1.807, 2.05) is 0 Å². The van der Waals surface area contributed by atoms with Crippen molar-refractivity contribution in [3.63, 3.8) is 0 Å². The van der Waals surface area contributed by atoms with Gasteiger partial charge in [0.1, 0.15) is 0 Å². The monoisotopic (exact) mass is 514 g/mol. The molecule has 4 radical (unpaired) electrons. The summed E-state index contributed by atoms with van der Waals surface area (Å²) in [6, 6.07) is 2.57. The number of unbranched alkanes of at least 4 members (excludes halogenated alkanes) is 8. The summed E-state index contributed by atoms with van der Waals surface area (Å²) in [4.78, 5) is 0. The van der Waals surface area contributed by atoms with Gasteiger partial charge in [-0.2, -0.15) is 22.2 Å². The minimum absolute atomic E-state index is 0.443. The summed E-state index contributed by atoms with van der Waals surface area (Å²) in [5.74, 6) is 0. The summed E-state index contributed by atoms with van der Waals surface area (Å²) in [6.07, 6.45) is 16.7. The second-order valence-corrected chi connectivity index (χ2v) is 18.2. The van der Waals surface area contributed by atoms with Crippen molar-refractivity contribution in [3.05, 3.63) is 0 Å². The SMILES string of the molecule is CCCCCC[Si](C)Cl.CCCCCC[Si](C)Cl.CCC[CH2][Ge][CH2]CCC. The van der Waals surface area contributed by atoms with E-state index in [0.29, 0.717) is 15.4 Å². The van der Waals surface area contributed by atoms with E-state index in [1.165, 1.54) is 89.1 Å². The number of hydrogen-bond acceptors (Lipinski definition) is 0. The van der Waals surface area contributed by atoms with Crippen molar-refractivity contribution in [2.24, 2.45) is 0 Å². The maximum atomic E-state index is 5.86. The molecule has 0 rings (SSSR count). The van der Waals surface area contributed by atoms with Crippen molar-refractivity contribution >= 4 is 53.8 Å². The summed E-state index contributed by atoms with van der Waals surface area (Å²) >= 11 is 12.2. The van der Waals surface area contributed by atoms with Crippen molar-refractivity contribution in [1.82, 2.24) is 0 Å². The molecule has 0 fully saturated rings. The summed E-state index contributed by atoms with van der Waals surface area (Å²) < 4.78 is 0. The molecule has 27 heavy (non-hydrogen) atoms. The van der Waals surface area contributed by atoms with E-state index in [4.69, 9.17) is 22.2 Å². The molecule has 0 unspecified atom stereocenters. The average Bonchev–Trinajstić information content (AvgIpc) is 2.63. The van der Waals surface area contributed by atoms with Crippen LogP contribution in [0, 0.1) is 0 Å². The fourth-order valence-corrected chi connectivity index (χ4v) is 7.65. The first-order valence-electron chi connectivity index (χ1n) is 11.6. The quantitative estimate of drug-likeness (QED) is 0.109. The van der Waals surface area contributed by atoms with Crippen LogP contribution < -0.4 is 0 Å². The first-order chi connectivity index (χ1) is 13.0. The van der Waals surface area contributed by atoms with Crippen LogP contribution in [0.2, 0.25) is 35.7 Å². The van der Waals surface area contributed by atoms with Crippen LogP contribution in [0.15, 0.2) is 0 Å². The van der Waals surface area contributed by atoms with E-state index < -0.39 is 16.2 Å². The topological polar surface area (TPSA) is 0 Å². The third-order valence-electron chi connectivity index (χ3n) is 4.16. The minimum atomic E-state index is -0.443. The van der Waals surface area contributed by atoms with Gasteiger partial charge < -0.3 is 0 Å². The Morgan fingerprint density at radius 3 is 1.11 bits per heavy atom. The van der Waals surface area contributed by atoms with Crippen molar-refractivity contribution in [3.8, 4) is 0 Å². The number of rotatable bonds is 16. The van der Waals surface area contributed by atoms with Crippen LogP contribution in [0.3, 0.4) is 0 Å². The first kappa shape index (κ1) is 33.2. The van der Waals surface area contributed by atoms with Gasteiger partial charge in [-0.25, -0.2) is 0 Å². The van der Waals surface area contributed by atoms with Crippen LogP contribution in [0.4, 0.5) is 0 Å². The molecular weight excluding hydrogens is 464 g/mol. The molecule has 0 heterocycles. The molecular formula is C22H50Cl2GeSi2. The Bertz CT molecular complexity index is 208. The van der Waals surface area contributed by atoms with E-state index in [2.05, 4.69) is 40.8 Å². The van der Waals surface area contributed by atoms with Crippen molar-refractivity contribution in [2.45, 2.75) is 140 Å². The fraction of sp³-hybridized carbons (Fsp3) is 1.00. The Morgan fingerprint density at radius 2 is 0.852 bits per heavy atom. The third kappa shape index (κ3) is 47.1. The molecule has 164 valence electrons. The van der Waals surface area contributed by atoms with Gasteiger partial charge >= 0.3 is 65.5 Å². The van der Waals surface area contributed by atoms with E-state index in [0.717, 1.165) is 0 Å². The Kier molecular flexibility index (Phi) is 39.6. The number of halogens is 2. The molecule has 0 aromatic heterocycles. The average molecular weight is 514 g/mol. The Balaban J connectivity index is -0.000000320. The first-order valence-corrected chi connectivity index (χ1v) is 21.0. The zero-order valence-electron chi connectivity index (χ0n) is 19.6. The second kappa shape index (κ2) is 32.2. The molecule has 0 aliphatic heterocycles. The normalized spacial score (nSPS) is 10.4. The molecule has 0 aliphatic carbocycles. The zero-order valence-corrected chi connectivity index (χ0v) is 25.2. The van der Waals surface area contributed by atoms with Crippen LogP contribution in [-0.4, -0.2) is 31.6 Å². The Labute approximate surface area is 193 Å². The van der Waals surface area contributed by atoms with Crippen molar-refractivity contribution in [2.75, 3.05) is 0 Å². The van der Waals surface area contributed by atoms with E-state index in [1.54, 1.807) is 10.5 Å². The van der Waals surface area contributed by atoms with E-state index in [9.17, 15) is 0 Å². The standard InChI is InChI=1S/C8H18Ge.2C7H16ClSi/c1-3-5-7-9-8-6-4-2;2*1-3-4-5-6-7-9(2)8/h3-8H2,1-2H3;2*3-7H2,1-2H3. The van der Waals surface area contributed by atoms with Crippen LogP contribution in [0.25, 0.3) is 0 Å². The van der Waals surface area contributed by atoms with E-state index >= 15 is 0 Å². The molecule has 0 saturated heterocycles. The van der Waals surface area contributed by atoms with Crippen LogP contribution in [0.1, 0.15) is 105 Å². The van der Waals surface area contributed by atoms with Gasteiger partial charge in [-0.15, -0.1) is 0 Å². The van der Waals surface area contributed by atoms with Gasteiger partial charge in [-0.1, -0.05) is 78.3 Å². The fourth-order valence-electron chi connectivity index (χ4n) is 2.32. The summed E-state index contributed by atoms with van der Waals surface area (Å²) in [7, 11) is -0.886. The molecule has 0 saturated carbocycles. The van der Waals surface area contributed by atoms with Gasteiger partial charge in [-0.3, -0.25) is 0 Å². The number of hydrogen-bond donors (Lipinski definition) is 0. The van der Waals surface area contributed by atoms with Crippen LogP contribution in [-0.2, 0) is 0 Å². The molecule has 0 bridgehead atoms. The second-order valence-electron chi connectivity index (χ2n) is 7.43. The van der Waals surface area contributed by atoms with Crippen LogP contribution in [0.5, 0.6) is 0 Å². The van der Waals surface area contributed by atoms with Gasteiger partial charge in [0.15, 0.2) is 16.2 Å². The molecule has 0 aromatic rings. The zero-order chi connectivity index (χ0) is 21.2. The maximum absolute atomic E-state index is 5.86. The van der Waals surface area contributed by atoms with Gasteiger partial charge in [0.25, 0.3) is 0 Å². The molecule has 5 heteroatoms. The Morgan fingerprint density at radius 1 is 0.519 bits per heavy atom. The van der Waals surface area contributed by atoms with Gasteiger partial charge in [0.2, 0.25) is 0 Å². The molecule has 0 aliphatic rings. The summed E-state index contributed by atoms with van der Waals surface area (Å²) in [6.45, 7) is 13.4. The summed E-state index contributed by atoms with van der Waals surface area (Å²) in [5, 5.41) is 3.16. The summed E-state index contributed by atoms with van der Waals surface area (Å²) in [5.41, 5.74) is 0. The predicted octanol–water partition coefficient (Wildman–Crippen LogP) is 9.98. The van der Waals surface area contributed by atoms with Crippen molar-refractivity contribution in [1.29, 1.82) is 0 Å². The molecule has 0 aromatic carbocycles. The molecule has 0 atom stereocenters. The molecule has 0 spiro atoms. The molecule has 0 N–H and O–H groups in total. The van der Waals surface area contributed by atoms with Gasteiger partial charge in [0.05, 0.1) is 0 Å². The van der Waals surface area contributed by atoms with Gasteiger partial charge in [-0.05, 0) is 12.1 Å².